The van der Waals surface area contributed by atoms with Crippen LogP contribution < -0.4 is 5.32 Å². The standard InChI is InChI=1S/C17H28N2/c1-5-18-16(15-9-7-6-8-14(15)2)12-19-11-10-17(3,4)13-19/h6-9,16,18H,5,10-13H2,1-4H3. The molecule has 0 spiro atoms. The molecule has 1 aromatic carbocycles. The molecule has 2 nitrogen and oxygen atoms in total. The highest BCUT2D eigenvalue weighted by Crippen LogP contribution is 2.30. The minimum Gasteiger partial charge on any atom is -0.309 e. The van der Waals surface area contributed by atoms with Gasteiger partial charge in [-0.1, -0.05) is 45.0 Å². The number of likely N-dealkylation sites (tertiary alicyclic amines) is 1. The van der Waals surface area contributed by atoms with E-state index >= 15 is 0 Å². The van der Waals surface area contributed by atoms with Crippen molar-refractivity contribution in [1.82, 2.24) is 10.2 Å². The van der Waals surface area contributed by atoms with Gasteiger partial charge in [-0.2, -0.15) is 0 Å². The Balaban J connectivity index is 2.07. The molecular weight excluding hydrogens is 232 g/mol. The molecule has 0 amide bonds. The van der Waals surface area contributed by atoms with E-state index in [1.807, 2.05) is 0 Å². The molecule has 0 saturated carbocycles. The summed E-state index contributed by atoms with van der Waals surface area (Å²) in [5.74, 6) is 0. The van der Waals surface area contributed by atoms with E-state index < -0.39 is 0 Å². The molecule has 106 valence electrons. The van der Waals surface area contributed by atoms with Gasteiger partial charge in [-0.3, -0.25) is 0 Å². The molecule has 0 aromatic heterocycles. The number of benzene rings is 1. The Morgan fingerprint density at radius 1 is 1.32 bits per heavy atom. The first-order valence-corrected chi connectivity index (χ1v) is 7.53. The van der Waals surface area contributed by atoms with Crippen LogP contribution in [0, 0.1) is 12.3 Å². The van der Waals surface area contributed by atoms with Gasteiger partial charge in [0.25, 0.3) is 0 Å². The minimum atomic E-state index is 0.458. The van der Waals surface area contributed by atoms with E-state index in [9.17, 15) is 0 Å². The summed E-state index contributed by atoms with van der Waals surface area (Å²) in [6.07, 6.45) is 1.32. The number of aryl methyl sites for hydroxylation is 1. The molecule has 19 heavy (non-hydrogen) atoms. The lowest BCUT2D eigenvalue weighted by Gasteiger charge is -2.27. The Bertz CT molecular complexity index is 411. The second-order valence-corrected chi connectivity index (χ2v) is 6.62. The molecular formula is C17H28N2. The largest absolute Gasteiger partial charge is 0.309 e. The summed E-state index contributed by atoms with van der Waals surface area (Å²) in [4.78, 5) is 2.61. The number of nitrogens with zero attached hydrogens (tertiary/aromatic N) is 1. The average Bonchev–Trinajstić information content (AvgIpc) is 2.69. The molecule has 0 aliphatic carbocycles. The fraction of sp³-hybridized carbons (Fsp3) is 0.647. The van der Waals surface area contributed by atoms with Crippen molar-refractivity contribution in [2.45, 2.75) is 40.2 Å². The van der Waals surface area contributed by atoms with Gasteiger partial charge in [0.05, 0.1) is 0 Å². The van der Waals surface area contributed by atoms with Gasteiger partial charge in [0, 0.05) is 19.1 Å². The van der Waals surface area contributed by atoms with Crippen LogP contribution in [0.5, 0.6) is 0 Å². The van der Waals surface area contributed by atoms with E-state index in [4.69, 9.17) is 0 Å². The lowest BCUT2D eigenvalue weighted by atomic mass is 9.93. The van der Waals surface area contributed by atoms with Crippen LogP contribution in [0.3, 0.4) is 0 Å². The van der Waals surface area contributed by atoms with Crippen LogP contribution in [0.1, 0.15) is 44.4 Å². The maximum atomic E-state index is 3.65. The van der Waals surface area contributed by atoms with Crippen LogP contribution in [0.4, 0.5) is 0 Å². The molecule has 1 aliphatic heterocycles. The Labute approximate surface area is 118 Å². The van der Waals surface area contributed by atoms with E-state index in [1.165, 1.54) is 30.6 Å². The third kappa shape index (κ3) is 3.80. The fourth-order valence-electron chi connectivity index (χ4n) is 3.14. The van der Waals surface area contributed by atoms with Gasteiger partial charge in [0.1, 0.15) is 0 Å². The zero-order valence-electron chi connectivity index (χ0n) is 12.9. The molecule has 2 rings (SSSR count). The van der Waals surface area contributed by atoms with Crippen molar-refractivity contribution in [3.05, 3.63) is 35.4 Å². The predicted octanol–water partition coefficient (Wildman–Crippen LogP) is 3.38. The molecule has 2 heteroatoms. The zero-order valence-corrected chi connectivity index (χ0v) is 12.9. The summed E-state index contributed by atoms with van der Waals surface area (Å²) in [5, 5.41) is 3.65. The van der Waals surface area contributed by atoms with E-state index in [0.29, 0.717) is 11.5 Å². The summed E-state index contributed by atoms with van der Waals surface area (Å²) in [5.41, 5.74) is 3.34. The highest BCUT2D eigenvalue weighted by molar-refractivity contribution is 5.29. The molecule has 1 N–H and O–H groups in total. The molecule has 1 fully saturated rings. The van der Waals surface area contributed by atoms with Crippen molar-refractivity contribution in [2.75, 3.05) is 26.2 Å². The van der Waals surface area contributed by atoms with E-state index in [-0.39, 0.29) is 0 Å². The van der Waals surface area contributed by atoms with Gasteiger partial charge in [0.2, 0.25) is 0 Å². The Morgan fingerprint density at radius 3 is 2.63 bits per heavy atom. The average molecular weight is 260 g/mol. The monoisotopic (exact) mass is 260 g/mol. The molecule has 0 radical (unpaired) electrons. The molecule has 1 unspecified atom stereocenters. The number of hydrogen-bond acceptors (Lipinski definition) is 2. The summed E-state index contributed by atoms with van der Waals surface area (Å²) < 4.78 is 0. The second kappa shape index (κ2) is 6.06. The van der Waals surface area contributed by atoms with Crippen LogP contribution in [-0.2, 0) is 0 Å². The van der Waals surface area contributed by atoms with Gasteiger partial charge in [-0.25, -0.2) is 0 Å². The van der Waals surface area contributed by atoms with E-state index in [2.05, 4.69) is 62.2 Å². The highest BCUT2D eigenvalue weighted by atomic mass is 15.2. The molecule has 1 aromatic rings. The summed E-state index contributed by atoms with van der Waals surface area (Å²) >= 11 is 0. The van der Waals surface area contributed by atoms with E-state index in [1.54, 1.807) is 0 Å². The number of hydrogen-bond donors (Lipinski definition) is 1. The Hall–Kier alpha value is -0.860. The molecule has 0 bridgehead atoms. The maximum absolute atomic E-state index is 3.65. The lowest BCUT2D eigenvalue weighted by molar-refractivity contribution is 0.261. The number of rotatable bonds is 5. The van der Waals surface area contributed by atoms with Crippen LogP contribution >= 0.6 is 0 Å². The Morgan fingerprint density at radius 2 is 2.05 bits per heavy atom. The smallest absolute Gasteiger partial charge is 0.0451 e. The van der Waals surface area contributed by atoms with Crippen LogP contribution in [0.2, 0.25) is 0 Å². The number of likely N-dealkylation sites (N-methyl/N-ethyl adjacent to an activating group) is 1. The van der Waals surface area contributed by atoms with Crippen molar-refractivity contribution < 1.29 is 0 Å². The van der Waals surface area contributed by atoms with Gasteiger partial charge in [-0.15, -0.1) is 0 Å². The van der Waals surface area contributed by atoms with Crippen molar-refractivity contribution in [3.63, 3.8) is 0 Å². The third-order valence-electron chi connectivity index (χ3n) is 4.21. The molecule has 1 aliphatic rings. The molecule has 1 atom stereocenters. The second-order valence-electron chi connectivity index (χ2n) is 6.62. The van der Waals surface area contributed by atoms with Crippen LogP contribution in [0.25, 0.3) is 0 Å². The van der Waals surface area contributed by atoms with Crippen molar-refractivity contribution in [1.29, 1.82) is 0 Å². The lowest BCUT2D eigenvalue weighted by Crippen LogP contribution is -2.35. The quantitative estimate of drug-likeness (QED) is 0.873. The van der Waals surface area contributed by atoms with Crippen LogP contribution in [-0.4, -0.2) is 31.1 Å². The summed E-state index contributed by atoms with van der Waals surface area (Å²) in [6.45, 7) is 13.8. The van der Waals surface area contributed by atoms with Gasteiger partial charge in [-0.05, 0) is 43.0 Å². The summed E-state index contributed by atoms with van der Waals surface area (Å²) in [6, 6.07) is 9.22. The predicted molar refractivity (Wildman–Crippen MR) is 82.4 cm³/mol. The van der Waals surface area contributed by atoms with E-state index in [0.717, 1.165) is 13.1 Å². The van der Waals surface area contributed by atoms with Gasteiger partial charge < -0.3 is 10.2 Å². The highest BCUT2D eigenvalue weighted by Gasteiger charge is 2.30. The van der Waals surface area contributed by atoms with Crippen molar-refractivity contribution >= 4 is 0 Å². The zero-order chi connectivity index (χ0) is 13.9. The normalized spacial score (nSPS) is 20.6. The number of nitrogens with one attached hydrogen (secondary N) is 1. The fourth-order valence-corrected chi connectivity index (χ4v) is 3.14. The first-order chi connectivity index (χ1) is 9.02. The Kier molecular flexibility index (Phi) is 4.64. The van der Waals surface area contributed by atoms with Crippen molar-refractivity contribution in [3.8, 4) is 0 Å². The first-order valence-electron chi connectivity index (χ1n) is 7.53. The molecule has 1 heterocycles. The van der Waals surface area contributed by atoms with Crippen molar-refractivity contribution in [2.24, 2.45) is 5.41 Å². The van der Waals surface area contributed by atoms with Gasteiger partial charge in [0.15, 0.2) is 0 Å². The maximum Gasteiger partial charge on any atom is 0.0451 e. The van der Waals surface area contributed by atoms with Gasteiger partial charge >= 0.3 is 0 Å². The summed E-state index contributed by atoms with van der Waals surface area (Å²) in [7, 11) is 0. The SMILES string of the molecule is CCNC(CN1CCC(C)(C)C1)c1ccccc1C. The first kappa shape index (κ1) is 14.5. The molecule has 1 saturated heterocycles. The minimum absolute atomic E-state index is 0.458. The topological polar surface area (TPSA) is 15.3 Å². The van der Waals surface area contributed by atoms with Crippen LogP contribution in [0.15, 0.2) is 24.3 Å². The third-order valence-corrected chi connectivity index (χ3v) is 4.21.